The number of hydrogen-bond donors (Lipinski definition) is 2. The van der Waals surface area contributed by atoms with E-state index < -0.39 is 34.3 Å². The van der Waals surface area contributed by atoms with Gasteiger partial charge in [0.1, 0.15) is 11.9 Å². The molecule has 1 aliphatic heterocycles. The van der Waals surface area contributed by atoms with Gasteiger partial charge in [-0.3, -0.25) is 9.59 Å². The summed E-state index contributed by atoms with van der Waals surface area (Å²) >= 11 is 0. The number of carbonyl (C=O) groups is 2. The smallest absolute Gasteiger partial charge is 0.243 e. The van der Waals surface area contributed by atoms with E-state index in [1.165, 1.54) is 4.90 Å². The maximum Gasteiger partial charge on any atom is 0.243 e. The van der Waals surface area contributed by atoms with Gasteiger partial charge in [0.05, 0.1) is 17.5 Å². The highest BCUT2D eigenvalue weighted by atomic mass is 32.2. The maximum atomic E-state index is 13.2. The molecule has 0 aromatic heterocycles. The third-order valence-corrected chi connectivity index (χ3v) is 7.64. The molecular formula is C23H34FN3O5S. The topological polar surface area (TPSA) is 105 Å². The van der Waals surface area contributed by atoms with Crippen LogP contribution in [0.3, 0.4) is 0 Å². The molecule has 2 aliphatic rings. The number of carbonyl (C=O) groups excluding carboxylic acids is 2. The molecule has 1 aromatic rings. The molecule has 2 unspecified atom stereocenters. The van der Waals surface area contributed by atoms with E-state index in [4.69, 9.17) is 4.74 Å². The van der Waals surface area contributed by atoms with E-state index in [1.54, 1.807) is 0 Å². The van der Waals surface area contributed by atoms with Crippen LogP contribution in [0.1, 0.15) is 58.3 Å². The average Bonchev–Trinajstić information content (AvgIpc) is 3.49. The van der Waals surface area contributed by atoms with Crippen LogP contribution in [0, 0.1) is 5.82 Å². The molecule has 2 amide bonds. The zero-order valence-electron chi connectivity index (χ0n) is 19.1. The van der Waals surface area contributed by atoms with E-state index >= 15 is 0 Å². The van der Waals surface area contributed by atoms with Gasteiger partial charge in [-0.15, -0.1) is 0 Å². The second-order valence-electron chi connectivity index (χ2n) is 8.75. The molecule has 0 bridgehead atoms. The normalized spacial score (nSPS) is 20.0. The Morgan fingerprint density at radius 3 is 2.45 bits per heavy atom. The van der Waals surface area contributed by atoms with E-state index in [0.717, 1.165) is 62.8 Å². The Bertz CT molecular complexity index is 897. The number of ether oxygens (including phenoxy) is 1. The van der Waals surface area contributed by atoms with Crippen molar-refractivity contribution in [3.63, 3.8) is 0 Å². The van der Waals surface area contributed by atoms with E-state index in [-0.39, 0.29) is 29.5 Å². The third kappa shape index (κ3) is 7.22. The van der Waals surface area contributed by atoms with Crippen LogP contribution in [0.2, 0.25) is 0 Å². The number of nitrogens with one attached hydrogen (secondary N) is 2. The van der Waals surface area contributed by atoms with Crippen molar-refractivity contribution in [3.8, 4) is 0 Å². The molecule has 2 N–H and O–H groups in total. The van der Waals surface area contributed by atoms with Crippen LogP contribution in [-0.4, -0.2) is 63.0 Å². The van der Waals surface area contributed by atoms with Crippen molar-refractivity contribution < 1.29 is 27.1 Å². The highest BCUT2D eigenvalue weighted by Gasteiger charge is 2.34. The van der Waals surface area contributed by atoms with Crippen LogP contribution in [0.4, 0.5) is 4.39 Å². The Morgan fingerprint density at radius 2 is 1.85 bits per heavy atom. The zero-order chi connectivity index (χ0) is 23.8. The molecule has 1 heterocycles. The second kappa shape index (κ2) is 11.9. The second-order valence-corrected chi connectivity index (χ2v) is 10.5. The van der Waals surface area contributed by atoms with Crippen molar-refractivity contribution in [1.82, 2.24) is 14.9 Å². The predicted octanol–water partition coefficient (Wildman–Crippen LogP) is 2.34. The molecule has 0 spiro atoms. The lowest BCUT2D eigenvalue weighted by Crippen LogP contribution is -2.55. The van der Waals surface area contributed by atoms with Gasteiger partial charge >= 0.3 is 0 Å². The van der Waals surface area contributed by atoms with E-state index in [1.807, 2.05) is 6.92 Å². The van der Waals surface area contributed by atoms with Crippen LogP contribution in [0.25, 0.3) is 0 Å². The van der Waals surface area contributed by atoms with Crippen molar-refractivity contribution in [2.24, 2.45) is 0 Å². The van der Waals surface area contributed by atoms with E-state index in [2.05, 4.69) is 10.0 Å². The fourth-order valence-electron chi connectivity index (χ4n) is 4.44. The summed E-state index contributed by atoms with van der Waals surface area (Å²) in [5, 5.41) is 3.08. The molecule has 33 heavy (non-hydrogen) atoms. The van der Waals surface area contributed by atoms with Crippen LogP contribution < -0.4 is 10.0 Å². The SMILES string of the molecule is CCCC(C(=O)NC1CCCC1)N(CC1CCCO1)C(=O)CNS(=O)(=O)c1ccc(F)cc1. The summed E-state index contributed by atoms with van der Waals surface area (Å²) in [6.45, 7) is 2.29. The van der Waals surface area contributed by atoms with Crippen LogP contribution in [-0.2, 0) is 24.3 Å². The van der Waals surface area contributed by atoms with Gasteiger partial charge in [0.25, 0.3) is 0 Å². The predicted molar refractivity (Wildman–Crippen MR) is 121 cm³/mol. The van der Waals surface area contributed by atoms with Crippen LogP contribution in [0.5, 0.6) is 0 Å². The summed E-state index contributed by atoms with van der Waals surface area (Å²) in [6, 6.07) is 3.80. The number of sulfonamides is 1. The molecule has 3 rings (SSSR count). The van der Waals surface area contributed by atoms with Gasteiger partial charge in [-0.1, -0.05) is 26.2 Å². The molecule has 184 valence electrons. The lowest BCUT2D eigenvalue weighted by molar-refractivity contribution is -0.142. The molecule has 10 heteroatoms. The molecule has 1 aromatic carbocycles. The van der Waals surface area contributed by atoms with Gasteiger partial charge in [0.15, 0.2) is 0 Å². The summed E-state index contributed by atoms with van der Waals surface area (Å²) in [6.07, 6.45) is 6.68. The number of nitrogens with zero attached hydrogens (tertiary/aromatic N) is 1. The molecule has 2 fully saturated rings. The molecule has 1 aliphatic carbocycles. The lowest BCUT2D eigenvalue weighted by atomic mass is 10.1. The van der Waals surface area contributed by atoms with Crippen LogP contribution in [0.15, 0.2) is 29.2 Å². The Hall–Kier alpha value is -2.04. The minimum Gasteiger partial charge on any atom is -0.376 e. The molecule has 1 saturated carbocycles. The number of halogens is 1. The fourth-order valence-corrected chi connectivity index (χ4v) is 5.41. The Kier molecular flexibility index (Phi) is 9.22. The van der Waals surface area contributed by atoms with Crippen molar-refractivity contribution >= 4 is 21.8 Å². The van der Waals surface area contributed by atoms with Gasteiger partial charge < -0.3 is 15.0 Å². The molecule has 8 nitrogen and oxygen atoms in total. The monoisotopic (exact) mass is 483 g/mol. The van der Waals surface area contributed by atoms with Gasteiger partial charge in [-0.2, -0.15) is 0 Å². The Balaban J connectivity index is 1.73. The Morgan fingerprint density at radius 1 is 1.15 bits per heavy atom. The largest absolute Gasteiger partial charge is 0.376 e. The fraction of sp³-hybridized carbons (Fsp3) is 0.652. The number of hydrogen-bond acceptors (Lipinski definition) is 5. The molecule has 0 radical (unpaired) electrons. The standard InChI is InChI=1S/C23H34FN3O5S/c1-2-6-21(23(29)26-18-7-3-4-8-18)27(16-19-9-5-14-32-19)22(28)15-25-33(30,31)20-12-10-17(24)11-13-20/h10-13,18-19,21,25H,2-9,14-16H2,1H3,(H,26,29). The highest BCUT2D eigenvalue weighted by Crippen LogP contribution is 2.20. The zero-order valence-corrected chi connectivity index (χ0v) is 19.9. The summed E-state index contributed by atoms with van der Waals surface area (Å²) in [4.78, 5) is 27.7. The van der Waals surface area contributed by atoms with Crippen molar-refractivity contribution in [2.75, 3.05) is 19.7 Å². The minimum atomic E-state index is -4.01. The molecular weight excluding hydrogens is 449 g/mol. The molecule has 1 saturated heterocycles. The quantitative estimate of drug-likeness (QED) is 0.503. The van der Waals surface area contributed by atoms with Gasteiger partial charge in [-0.25, -0.2) is 17.5 Å². The first kappa shape index (κ1) is 25.6. The number of amides is 2. The van der Waals surface area contributed by atoms with Crippen LogP contribution >= 0.6 is 0 Å². The molecule has 2 atom stereocenters. The van der Waals surface area contributed by atoms with Crippen molar-refractivity contribution in [1.29, 1.82) is 0 Å². The summed E-state index contributed by atoms with van der Waals surface area (Å²) in [5.74, 6) is -1.24. The Labute approximate surface area is 195 Å². The first-order valence-electron chi connectivity index (χ1n) is 11.8. The van der Waals surface area contributed by atoms with Crippen molar-refractivity contribution in [3.05, 3.63) is 30.1 Å². The summed E-state index contributed by atoms with van der Waals surface area (Å²) in [7, 11) is -4.01. The lowest BCUT2D eigenvalue weighted by Gasteiger charge is -2.33. The van der Waals surface area contributed by atoms with Gasteiger partial charge in [0.2, 0.25) is 21.8 Å². The van der Waals surface area contributed by atoms with Gasteiger partial charge in [-0.05, 0) is 56.4 Å². The van der Waals surface area contributed by atoms with E-state index in [9.17, 15) is 22.4 Å². The minimum absolute atomic E-state index is 0.119. The first-order chi connectivity index (χ1) is 15.8. The highest BCUT2D eigenvalue weighted by molar-refractivity contribution is 7.89. The maximum absolute atomic E-state index is 13.2. The summed E-state index contributed by atoms with van der Waals surface area (Å²) < 4.78 is 46.3. The van der Waals surface area contributed by atoms with Gasteiger partial charge in [0, 0.05) is 19.2 Å². The van der Waals surface area contributed by atoms with Crippen molar-refractivity contribution in [2.45, 2.75) is 81.4 Å². The average molecular weight is 484 g/mol. The number of rotatable bonds is 11. The van der Waals surface area contributed by atoms with E-state index in [0.29, 0.717) is 19.4 Å². The summed E-state index contributed by atoms with van der Waals surface area (Å²) in [5.41, 5.74) is 0. The third-order valence-electron chi connectivity index (χ3n) is 6.22. The number of benzene rings is 1. The first-order valence-corrected chi connectivity index (χ1v) is 13.2.